The Kier molecular flexibility index (Phi) is 1.77. The lowest BCUT2D eigenvalue weighted by Gasteiger charge is -2.29. The van der Waals surface area contributed by atoms with Gasteiger partial charge in [0.15, 0.2) is 0 Å². The van der Waals surface area contributed by atoms with Crippen LogP contribution in [0.1, 0.15) is 33.6 Å². The molecule has 3 fully saturated rings. The van der Waals surface area contributed by atoms with Gasteiger partial charge < -0.3 is 9.64 Å². The van der Waals surface area contributed by atoms with Gasteiger partial charge in [-0.3, -0.25) is 4.79 Å². The van der Waals surface area contributed by atoms with E-state index in [1.54, 1.807) is 0 Å². The van der Waals surface area contributed by atoms with E-state index in [0.29, 0.717) is 17.9 Å². The molecule has 3 heteroatoms. The molecule has 2 heterocycles. The molecule has 2 saturated heterocycles. The first kappa shape index (κ1) is 9.64. The van der Waals surface area contributed by atoms with Gasteiger partial charge in [0.2, 0.25) is 5.91 Å². The van der Waals surface area contributed by atoms with E-state index in [9.17, 15) is 4.79 Å². The van der Waals surface area contributed by atoms with E-state index >= 15 is 0 Å². The van der Waals surface area contributed by atoms with E-state index in [-0.39, 0.29) is 11.6 Å². The van der Waals surface area contributed by atoms with E-state index < -0.39 is 0 Å². The van der Waals surface area contributed by atoms with Crippen molar-refractivity contribution in [3.8, 4) is 0 Å². The molecule has 84 valence electrons. The largest absolute Gasteiger partial charge is 0.354 e. The zero-order valence-electron chi connectivity index (χ0n) is 9.69. The maximum Gasteiger partial charge on any atom is 0.228 e. The Bertz CT molecular complexity index is 309. The minimum Gasteiger partial charge on any atom is -0.354 e. The number of amides is 1. The smallest absolute Gasteiger partial charge is 0.228 e. The van der Waals surface area contributed by atoms with Crippen LogP contribution >= 0.6 is 0 Å². The van der Waals surface area contributed by atoms with Crippen LogP contribution in [0, 0.1) is 17.8 Å². The van der Waals surface area contributed by atoms with Gasteiger partial charge in [-0.1, -0.05) is 6.92 Å². The third-order valence-corrected chi connectivity index (χ3v) is 4.33. The lowest BCUT2D eigenvalue weighted by atomic mass is 9.87. The summed E-state index contributed by atoms with van der Waals surface area (Å²) < 4.78 is 5.74. The highest BCUT2D eigenvalue weighted by atomic mass is 16.5. The molecule has 1 amide bonds. The van der Waals surface area contributed by atoms with Crippen LogP contribution in [-0.4, -0.2) is 29.2 Å². The fourth-order valence-corrected chi connectivity index (χ4v) is 3.47. The number of hydrogen-bond acceptors (Lipinski definition) is 2. The first-order valence-electron chi connectivity index (χ1n) is 5.99. The lowest BCUT2D eigenvalue weighted by molar-refractivity contribution is -0.144. The molecule has 0 unspecified atom stereocenters. The number of carbonyl (C=O) groups is 1. The van der Waals surface area contributed by atoms with Crippen molar-refractivity contribution in [1.82, 2.24) is 4.90 Å². The van der Waals surface area contributed by atoms with Gasteiger partial charge in [0.25, 0.3) is 0 Å². The predicted octanol–water partition coefficient (Wildman–Crippen LogP) is 1.63. The van der Waals surface area contributed by atoms with E-state index in [1.807, 2.05) is 18.7 Å². The summed E-state index contributed by atoms with van der Waals surface area (Å²) in [5.74, 6) is 1.86. The van der Waals surface area contributed by atoms with E-state index in [0.717, 1.165) is 12.5 Å². The van der Waals surface area contributed by atoms with Crippen molar-refractivity contribution in [2.75, 3.05) is 6.61 Å². The second kappa shape index (κ2) is 2.76. The summed E-state index contributed by atoms with van der Waals surface area (Å²) in [6, 6.07) is 0.356. The molecule has 0 aromatic heterocycles. The summed E-state index contributed by atoms with van der Waals surface area (Å²) in [4.78, 5) is 14.2. The molecule has 3 rings (SSSR count). The Morgan fingerprint density at radius 2 is 2.07 bits per heavy atom. The maximum absolute atomic E-state index is 12.2. The van der Waals surface area contributed by atoms with Crippen LogP contribution in [-0.2, 0) is 9.53 Å². The second-order valence-corrected chi connectivity index (χ2v) is 5.74. The molecule has 0 aromatic carbocycles. The van der Waals surface area contributed by atoms with Crippen molar-refractivity contribution in [3.63, 3.8) is 0 Å². The molecular formula is C12H19NO2. The van der Waals surface area contributed by atoms with Gasteiger partial charge in [-0.05, 0) is 38.5 Å². The SMILES string of the molecule is C[C@@H]1C(=O)N2[C@H](COC2(C)C)[C@@H]1C1CC1. The van der Waals surface area contributed by atoms with E-state index in [2.05, 4.69) is 6.92 Å². The Morgan fingerprint density at radius 1 is 1.40 bits per heavy atom. The molecule has 0 aromatic rings. The number of ether oxygens (including phenoxy) is 1. The summed E-state index contributed by atoms with van der Waals surface area (Å²) >= 11 is 0. The highest BCUT2D eigenvalue weighted by Crippen LogP contribution is 2.51. The number of carbonyl (C=O) groups excluding carboxylic acids is 1. The van der Waals surface area contributed by atoms with Crippen LogP contribution in [0.2, 0.25) is 0 Å². The van der Waals surface area contributed by atoms with Crippen LogP contribution < -0.4 is 0 Å². The first-order valence-corrected chi connectivity index (χ1v) is 5.99. The van der Waals surface area contributed by atoms with Gasteiger partial charge in [0.1, 0.15) is 5.72 Å². The van der Waals surface area contributed by atoms with Crippen LogP contribution in [0.4, 0.5) is 0 Å². The zero-order chi connectivity index (χ0) is 10.8. The summed E-state index contributed by atoms with van der Waals surface area (Å²) in [6.45, 7) is 6.85. The second-order valence-electron chi connectivity index (χ2n) is 5.74. The maximum atomic E-state index is 12.2. The topological polar surface area (TPSA) is 29.5 Å². The molecule has 1 aliphatic carbocycles. The quantitative estimate of drug-likeness (QED) is 0.657. The Balaban J connectivity index is 1.93. The van der Waals surface area contributed by atoms with Gasteiger partial charge in [-0.15, -0.1) is 0 Å². The minimum absolute atomic E-state index is 0.214. The van der Waals surface area contributed by atoms with Gasteiger partial charge in [0, 0.05) is 5.92 Å². The molecule has 1 saturated carbocycles. The number of nitrogens with zero attached hydrogens (tertiary/aromatic N) is 1. The molecule has 0 spiro atoms. The Labute approximate surface area is 90.8 Å². The fourth-order valence-electron chi connectivity index (χ4n) is 3.47. The van der Waals surface area contributed by atoms with Crippen molar-refractivity contribution < 1.29 is 9.53 Å². The molecule has 3 nitrogen and oxygen atoms in total. The van der Waals surface area contributed by atoms with E-state index in [1.165, 1.54) is 12.8 Å². The van der Waals surface area contributed by atoms with Crippen molar-refractivity contribution in [2.24, 2.45) is 17.8 Å². The van der Waals surface area contributed by atoms with Gasteiger partial charge in [-0.25, -0.2) is 0 Å². The molecule has 0 bridgehead atoms. The summed E-state index contributed by atoms with van der Waals surface area (Å²) in [5.41, 5.74) is -0.375. The number of hydrogen-bond donors (Lipinski definition) is 0. The molecule has 15 heavy (non-hydrogen) atoms. The van der Waals surface area contributed by atoms with Crippen LogP contribution in [0.15, 0.2) is 0 Å². The van der Waals surface area contributed by atoms with Crippen molar-refractivity contribution in [2.45, 2.75) is 45.4 Å². The highest BCUT2D eigenvalue weighted by molar-refractivity contribution is 5.82. The van der Waals surface area contributed by atoms with Crippen LogP contribution in [0.25, 0.3) is 0 Å². The molecular weight excluding hydrogens is 190 g/mol. The average molecular weight is 209 g/mol. The van der Waals surface area contributed by atoms with Crippen molar-refractivity contribution >= 4 is 5.91 Å². The molecule has 3 atom stereocenters. The summed E-state index contributed by atoms with van der Waals surface area (Å²) in [7, 11) is 0. The normalized spacial score (nSPS) is 43.5. The first-order chi connectivity index (χ1) is 7.02. The fraction of sp³-hybridized carbons (Fsp3) is 0.917. The molecule has 3 aliphatic rings. The highest BCUT2D eigenvalue weighted by Gasteiger charge is 2.58. The van der Waals surface area contributed by atoms with Crippen molar-refractivity contribution in [3.05, 3.63) is 0 Å². The summed E-state index contributed by atoms with van der Waals surface area (Å²) in [6.07, 6.45) is 2.63. The number of fused-ring (bicyclic) bond motifs is 1. The Hall–Kier alpha value is -0.570. The van der Waals surface area contributed by atoms with Gasteiger partial charge >= 0.3 is 0 Å². The third-order valence-electron chi connectivity index (χ3n) is 4.33. The lowest BCUT2D eigenvalue weighted by Crippen LogP contribution is -2.44. The van der Waals surface area contributed by atoms with Gasteiger partial charge in [-0.2, -0.15) is 0 Å². The molecule has 0 N–H and O–H groups in total. The minimum atomic E-state index is -0.375. The van der Waals surface area contributed by atoms with Crippen LogP contribution in [0.3, 0.4) is 0 Å². The zero-order valence-corrected chi connectivity index (χ0v) is 9.69. The standard InChI is InChI=1S/C12H19NO2/c1-7-10(8-4-5-8)9-6-15-12(2,3)13(9)11(7)14/h7-10H,4-6H2,1-3H3/t7-,9+,10-/m0/s1. The summed E-state index contributed by atoms with van der Waals surface area (Å²) in [5, 5.41) is 0. The predicted molar refractivity (Wildman–Crippen MR) is 56.0 cm³/mol. The van der Waals surface area contributed by atoms with Crippen LogP contribution in [0.5, 0.6) is 0 Å². The number of rotatable bonds is 1. The van der Waals surface area contributed by atoms with Gasteiger partial charge in [0.05, 0.1) is 12.6 Å². The van der Waals surface area contributed by atoms with E-state index in [4.69, 9.17) is 4.74 Å². The molecule has 2 aliphatic heterocycles. The molecule has 0 radical (unpaired) electrons. The Morgan fingerprint density at radius 3 is 2.67 bits per heavy atom. The average Bonchev–Trinajstić information content (AvgIpc) is 2.88. The third kappa shape index (κ3) is 1.19. The monoisotopic (exact) mass is 209 g/mol. The van der Waals surface area contributed by atoms with Crippen molar-refractivity contribution in [1.29, 1.82) is 0 Å².